The van der Waals surface area contributed by atoms with Crippen molar-refractivity contribution in [3.05, 3.63) is 43.5 Å². The van der Waals surface area contributed by atoms with Gasteiger partial charge in [0.1, 0.15) is 17.7 Å². The summed E-state index contributed by atoms with van der Waals surface area (Å²) < 4.78 is 35.4. The van der Waals surface area contributed by atoms with Gasteiger partial charge in [-0.2, -0.15) is 0 Å². The molecule has 1 aromatic heterocycles. The predicted molar refractivity (Wildman–Crippen MR) is 87.5 cm³/mol. The fraction of sp³-hybridized carbons (Fsp3) is 0.692. The Kier molecular flexibility index (Phi) is 5.07. The van der Waals surface area contributed by atoms with Crippen LogP contribution in [0.1, 0.15) is 26.5 Å². The Balaban J connectivity index is 2.00. The topological polar surface area (TPSA) is 158 Å². The normalized spacial score (nSPS) is 36.3. The second-order valence-electron chi connectivity index (χ2n) is 6.06. The molecule has 0 aliphatic carbocycles. The summed E-state index contributed by atoms with van der Waals surface area (Å²) >= 11 is 0. The van der Waals surface area contributed by atoms with Crippen molar-refractivity contribution in [3.63, 3.8) is 0 Å². The molecule has 26 heavy (non-hydrogen) atoms. The molecule has 0 saturated carbocycles. The van der Waals surface area contributed by atoms with Gasteiger partial charge in [-0.25, -0.2) is 9.36 Å². The highest BCUT2D eigenvalue weighted by Crippen LogP contribution is 2.59. The molecule has 0 aromatic carbocycles. The third-order valence-corrected chi connectivity index (χ3v) is 5.62. The molecule has 2 aliphatic heterocycles. The van der Waals surface area contributed by atoms with E-state index in [4.69, 9.17) is 23.8 Å². The van der Waals surface area contributed by atoms with E-state index in [1.807, 2.05) is 6.92 Å². The molecule has 1 aromatic rings. The van der Waals surface area contributed by atoms with Gasteiger partial charge in [0.05, 0.1) is 13.2 Å². The van der Waals surface area contributed by atoms with E-state index in [2.05, 4.69) is 15.0 Å². The number of ether oxygens (including phenoxy) is 1. The fourth-order valence-electron chi connectivity index (χ4n) is 2.96. The summed E-state index contributed by atoms with van der Waals surface area (Å²) in [6.45, 7) is 3.38. The van der Waals surface area contributed by atoms with Gasteiger partial charge in [-0.05, 0) is 18.9 Å². The lowest BCUT2D eigenvalue weighted by Crippen LogP contribution is -2.47. The molecule has 1 unspecified atom stereocenters. The van der Waals surface area contributed by atoms with Crippen LogP contribution in [0.3, 0.4) is 0 Å². The molecule has 2 saturated heterocycles. The third kappa shape index (κ3) is 3.23. The third-order valence-electron chi connectivity index (χ3n) is 4.17. The van der Waals surface area contributed by atoms with E-state index in [0.29, 0.717) is 6.42 Å². The van der Waals surface area contributed by atoms with E-state index in [-0.39, 0.29) is 13.2 Å². The number of rotatable bonds is 5. The predicted octanol–water partition coefficient (Wildman–Crippen LogP) is 1.45. The monoisotopic (exact) mass is 387 g/mol. The lowest BCUT2D eigenvalue weighted by molar-refractivity contribution is -0.0722. The lowest BCUT2D eigenvalue weighted by atomic mass is 9.93. The zero-order valence-electron chi connectivity index (χ0n) is 14.1. The average Bonchev–Trinajstić information content (AvgIpc) is 2.86. The van der Waals surface area contributed by atoms with Crippen LogP contribution in [0.4, 0.5) is 0 Å². The first kappa shape index (κ1) is 18.8. The Hall–Kier alpha value is -1.94. The van der Waals surface area contributed by atoms with Gasteiger partial charge in [-0.3, -0.25) is 27.9 Å². The second kappa shape index (κ2) is 6.99. The van der Waals surface area contributed by atoms with Gasteiger partial charge < -0.3 is 4.74 Å². The van der Waals surface area contributed by atoms with Crippen LogP contribution in [-0.4, -0.2) is 40.5 Å². The van der Waals surface area contributed by atoms with Gasteiger partial charge >= 0.3 is 13.5 Å². The molecule has 0 radical (unpaired) electrons. The summed E-state index contributed by atoms with van der Waals surface area (Å²) in [4.78, 5) is 28.4. The number of hydrogen-bond acceptors (Lipinski definition) is 8. The van der Waals surface area contributed by atoms with Crippen molar-refractivity contribution in [3.8, 4) is 0 Å². The maximum atomic E-state index is 12.6. The number of hydrogen-bond donors (Lipinski definition) is 1. The second-order valence-corrected chi connectivity index (χ2v) is 7.68. The molecule has 3 rings (SSSR count). The van der Waals surface area contributed by atoms with Crippen molar-refractivity contribution in [2.45, 2.75) is 44.2 Å². The molecule has 1 N–H and O–H groups in total. The quantitative estimate of drug-likeness (QED) is 0.346. The summed E-state index contributed by atoms with van der Waals surface area (Å²) in [6.07, 6.45) is -0.994. The highest BCUT2D eigenvalue weighted by molar-refractivity contribution is 7.48. The zero-order chi connectivity index (χ0) is 18.9. The zero-order valence-corrected chi connectivity index (χ0v) is 15.0. The standard InChI is InChI=1S/C13H18N5O7P/c1-3-6-22-26(21)23-7-8-10(25-26)13(2,16-17-14)11(24-8)18-5-4-9(19)15-12(18)20/h4-5,8,10-11H,3,6-7H2,1-2H3,(H,15,19,20)/t8-,10-,11-,13-,26?/m1/s1. The highest BCUT2D eigenvalue weighted by Gasteiger charge is 2.60. The molecule has 2 fully saturated rings. The maximum absolute atomic E-state index is 12.6. The van der Waals surface area contributed by atoms with E-state index < -0.39 is 43.0 Å². The summed E-state index contributed by atoms with van der Waals surface area (Å²) in [5, 5.41) is 3.75. The molecule has 12 nitrogen and oxygen atoms in total. The van der Waals surface area contributed by atoms with Crippen molar-refractivity contribution in [1.82, 2.24) is 9.55 Å². The number of azide groups is 1. The highest BCUT2D eigenvalue weighted by atomic mass is 31.2. The Morgan fingerprint density at radius 2 is 2.35 bits per heavy atom. The maximum Gasteiger partial charge on any atom is 0.475 e. The van der Waals surface area contributed by atoms with Gasteiger partial charge in [0.15, 0.2) is 6.23 Å². The molecular formula is C13H18N5O7P. The summed E-state index contributed by atoms with van der Waals surface area (Å²) in [6, 6.07) is 1.13. The van der Waals surface area contributed by atoms with Crippen LogP contribution in [-0.2, 0) is 22.9 Å². The number of H-pyrrole nitrogens is 1. The number of aromatic nitrogens is 2. The fourth-order valence-corrected chi connectivity index (χ4v) is 4.52. The molecule has 3 heterocycles. The van der Waals surface area contributed by atoms with Crippen LogP contribution in [0.25, 0.3) is 10.4 Å². The number of nitrogens with one attached hydrogen (secondary N) is 1. The van der Waals surface area contributed by atoms with Gasteiger partial charge in [0.2, 0.25) is 0 Å². The first-order valence-corrected chi connectivity index (χ1v) is 9.40. The smallest absolute Gasteiger partial charge is 0.349 e. The summed E-state index contributed by atoms with van der Waals surface area (Å²) in [5.41, 5.74) is 6.25. The number of phosphoric ester groups is 1. The molecule has 0 spiro atoms. The molecule has 13 heteroatoms. The van der Waals surface area contributed by atoms with Gasteiger partial charge in [-0.1, -0.05) is 12.0 Å². The van der Waals surface area contributed by atoms with Crippen molar-refractivity contribution in [2.24, 2.45) is 5.11 Å². The molecule has 5 atom stereocenters. The van der Waals surface area contributed by atoms with Gasteiger partial charge in [0, 0.05) is 17.2 Å². The van der Waals surface area contributed by atoms with Crippen LogP contribution in [0.5, 0.6) is 0 Å². The van der Waals surface area contributed by atoms with E-state index in [0.717, 1.165) is 10.6 Å². The number of fused-ring (bicyclic) bond motifs is 1. The van der Waals surface area contributed by atoms with Crippen LogP contribution in [0.15, 0.2) is 27.0 Å². The lowest BCUT2D eigenvalue weighted by Gasteiger charge is -2.35. The van der Waals surface area contributed by atoms with Crippen LogP contribution < -0.4 is 11.2 Å². The minimum absolute atomic E-state index is 0.128. The molecule has 2 aliphatic rings. The Bertz CT molecular complexity index is 893. The van der Waals surface area contributed by atoms with Crippen LogP contribution >= 0.6 is 7.82 Å². The van der Waals surface area contributed by atoms with E-state index in [1.54, 1.807) is 0 Å². The van der Waals surface area contributed by atoms with Crippen LogP contribution in [0, 0.1) is 0 Å². The van der Waals surface area contributed by atoms with Gasteiger partial charge in [-0.15, -0.1) is 0 Å². The van der Waals surface area contributed by atoms with Crippen LogP contribution in [0.2, 0.25) is 0 Å². The largest absolute Gasteiger partial charge is 0.475 e. The number of phosphoric acid groups is 1. The Morgan fingerprint density at radius 3 is 3.00 bits per heavy atom. The minimum atomic E-state index is -3.85. The SMILES string of the molecule is CCCOP1(=O)OC[C@H]2O[C@@H](n3ccc(=O)[nH]c3=O)[C@](C)(N=[N+]=[N-])[C@@H]2O1. The van der Waals surface area contributed by atoms with Crippen molar-refractivity contribution >= 4 is 7.82 Å². The van der Waals surface area contributed by atoms with Gasteiger partial charge in [0.25, 0.3) is 5.56 Å². The number of aromatic amines is 1. The average molecular weight is 387 g/mol. The van der Waals surface area contributed by atoms with E-state index in [9.17, 15) is 14.2 Å². The first-order valence-electron chi connectivity index (χ1n) is 7.93. The van der Waals surface area contributed by atoms with Crippen molar-refractivity contribution in [1.29, 1.82) is 0 Å². The Morgan fingerprint density at radius 1 is 1.58 bits per heavy atom. The van der Waals surface area contributed by atoms with E-state index >= 15 is 0 Å². The summed E-state index contributed by atoms with van der Waals surface area (Å²) in [5.74, 6) is 0. The molecule has 0 bridgehead atoms. The molecular weight excluding hydrogens is 369 g/mol. The Labute approximate surface area is 147 Å². The van der Waals surface area contributed by atoms with E-state index in [1.165, 1.54) is 13.1 Å². The van der Waals surface area contributed by atoms with Crippen molar-refractivity contribution < 1.29 is 22.9 Å². The first-order chi connectivity index (χ1) is 12.3. The molecule has 142 valence electrons. The minimum Gasteiger partial charge on any atom is -0.349 e. The summed E-state index contributed by atoms with van der Waals surface area (Å²) in [7, 11) is -3.85. The molecule has 0 amide bonds. The van der Waals surface area contributed by atoms with Crippen molar-refractivity contribution in [2.75, 3.05) is 13.2 Å². The number of nitrogens with zero attached hydrogens (tertiary/aromatic N) is 4.